The van der Waals surface area contributed by atoms with Crippen LogP contribution in [0.1, 0.15) is 45.2 Å². The number of nitrogens with zero attached hydrogens (tertiary/aromatic N) is 4. The monoisotopic (exact) mass is 378 g/mol. The molecule has 4 rings (SSSR count). The number of carbonyl (C=O) groups is 2. The van der Waals surface area contributed by atoms with Crippen molar-refractivity contribution in [2.24, 2.45) is 0 Å². The first-order chi connectivity index (χ1) is 13.6. The Hall–Kier alpha value is -3.35. The van der Waals surface area contributed by atoms with Gasteiger partial charge in [0.05, 0.1) is 24.0 Å². The van der Waals surface area contributed by atoms with Gasteiger partial charge in [0.15, 0.2) is 5.78 Å². The molecule has 6 nitrogen and oxygen atoms in total. The normalized spacial score (nSPS) is 14.8. The lowest BCUT2D eigenvalue weighted by Crippen LogP contribution is -2.40. The number of carbonyl (C=O) groups excluding carboxylic acids is 2. The van der Waals surface area contributed by atoms with Gasteiger partial charge < -0.3 is 4.90 Å². The fourth-order valence-electron chi connectivity index (χ4n) is 3.51. The summed E-state index contributed by atoms with van der Waals surface area (Å²) in [4.78, 5) is 29.4. The molecule has 0 atom stereocenters. The van der Waals surface area contributed by atoms with Crippen molar-refractivity contribution in [1.29, 1.82) is 0 Å². The van der Waals surface area contributed by atoms with E-state index in [4.69, 9.17) is 0 Å². The summed E-state index contributed by atoms with van der Waals surface area (Å²) in [5.41, 5.74) is 1.05. The van der Waals surface area contributed by atoms with Crippen LogP contribution < -0.4 is 0 Å². The third kappa shape index (κ3) is 3.55. The largest absolute Gasteiger partial charge is 0.338 e. The highest BCUT2D eigenvalue weighted by Crippen LogP contribution is 2.24. The fraction of sp³-hybridized carbons (Fsp3) is 0.238. The van der Waals surface area contributed by atoms with Crippen LogP contribution in [0.25, 0.3) is 0 Å². The van der Waals surface area contributed by atoms with Gasteiger partial charge in [-0.05, 0) is 43.2 Å². The third-order valence-corrected chi connectivity index (χ3v) is 5.02. The van der Waals surface area contributed by atoms with Gasteiger partial charge in [-0.15, -0.1) is 0 Å². The Morgan fingerprint density at radius 1 is 0.893 bits per heavy atom. The summed E-state index contributed by atoms with van der Waals surface area (Å²) in [5, 5.41) is 8.35. The molecule has 0 spiro atoms. The molecule has 1 amide bonds. The Labute approximate surface area is 161 Å². The number of amides is 1. The van der Waals surface area contributed by atoms with Gasteiger partial charge in [0.25, 0.3) is 5.91 Å². The molecule has 28 heavy (non-hydrogen) atoms. The highest BCUT2D eigenvalue weighted by molar-refractivity contribution is 6.15. The Morgan fingerprint density at radius 3 is 2.14 bits per heavy atom. The van der Waals surface area contributed by atoms with E-state index in [0.29, 0.717) is 29.8 Å². The van der Waals surface area contributed by atoms with Gasteiger partial charge >= 0.3 is 0 Å². The van der Waals surface area contributed by atoms with Gasteiger partial charge in [-0.25, -0.2) is 4.39 Å². The molecule has 0 N–H and O–H groups in total. The van der Waals surface area contributed by atoms with Crippen LogP contribution in [0.4, 0.5) is 4.39 Å². The second-order valence-electron chi connectivity index (χ2n) is 6.75. The van der Waals surface area contributed by atoms with E-state index in [2.05, 4.69) is 10.2 Å². The van der Waals surface area contributed by atoms with Crippen molar-refractivity contribution in [1.82, 2.24) is 19.9 Å². The number of rotatable bonds is 4. The van der Waals surface area contributed by atoms with Crippen LogP contribution in [0.3, 0.4) is 0 Å². The summed E-state index contributed by atoms with van der Waals surface area (Å²) in [5.74, 6) is -0.868. The van der Waals surface area contributed by atoms with Gasteiger partial charge in [-0.2, -0.15) is 15.0 Å². The van der Waals surface area contributed by atoms with Crippen LogP contribution in [-0.2, 0) is 0 Å². The molecule has 0 radical (unpaired) electrons. The molecule has 1 aromatic heterocycles. The lowest BCUT2D eigenvalue weighted by molar-refractivity contribution is 0.0680. The minimum absolute atomic E-state index is 0.169. The second-order valence-corrected chi connectivity index (χ2v) is 6.75. The van der Waals surface area contributed by atoms with Gasteiger partial charge in [0.1, 0.15) is 5.82 Å². The number of likely N-dealkylation sites (tertiary alicyclic amines) is 1. The maximum Gasteiger partial charge on any atom is 0.254 e. The summed E-state index contributed by atoms with van der Waals surface area (Å²) in [7, 11) is 0. The topological polar surface area (TPSA) is 68.1 Å². The van der Waals surface area contributed by atoms with Crippen molar-refractivity contribution < 1.29 is 14.0 Å². The van der Waals surface area contributed by atoms with E-state index < -0.39 is 5.82 Å². The first-order valence-electron chi connectivity index (χ1n) is 9.18. The molecule has 1 aliphatic rings. The zero-order valence-electron chi connectivity index (χ0n) is 15.2. The Bertz CT molecular complexity index is 978. The minimum Gasteiger partial charge on any atom is -0.338 e. The Morgan fingerprint density at radius 2 is 1.50 bits per heavy atom. The average Bonchev–Trinajstić information content (AvgIpc) is 3.28. The lowest BCUT2D eigenvalue weighted by atomic mass is 9.96. The summed E-state index contributed by atoms with van der Waals surface area (Å²) in [6.07, 6.45) is 4.81. The number of hydrogen-bond acceptors (Lipinski definition) is 4. The minimum atomic E-state index is -0.407. The molecule has 0 bridgehead atoms. The van der Waals surface area contributed by atoms with Crippen LogP contribution in [0, 0.1) is 5.82 Å². The van der Waals surface area contributed by atoms with Crippen LogP contribution >= 0.6 is 0 Å². The smallest absolute Gasteiger partial charge is 0.254 e. The maximum absolute atomic E-state index is 13.2. The van der Waals surface area contributed by atoms with E-state index in [-0.39, 0.29) is 17.7 Å². The van der Waals surface area contributed by atoms with E-state index in [1.54, 1.807) is 46.4 Å². The third-order valence-electron chi connectivity index (χ3n) is 5.02. The number of ketones is 1. The lowest BCUT2D eigenvalue weighted by Gasteiger charge is -2.31. The predicted octanol–water partition coefficient (Wildman–Crippen LogP) is 3.13. The predicted molar refractivity (Wildman–Crippen MR) is 100 cm³/mol. The fourth-order valence-corrected chi connectivity index (χ4v) is 3.51. The van der Waals surface area contributed by atoms with E-state index in [0.717, 1.165) is 12.8 Å². The zero-order chi connectivity index (χ0) is 19.5. The molecule has 2 heterocycles. The summed E-state index contributed by atoms with van der Waals surface area (Å²) in [6.45, 7) is 1.15. The highest BCUT2D eigenvalue weighted by Gasteiger charge is 2.27. The number of halogens is 1. The zero-order valence-corrected chi connectivity index (χ0v) is 15.2. The van der Waals surface area contributed by atoms with E-state index in [1.165, 1.54) is 24.3 Å². The summed E-state index contributed by atoms with van der Waals surface area (Å²) < 4.78 is 13.2. The van der Waals surface area contributed by atoms with Gasteiger partial charge in [0, 0.05) is 24.2 Å². The van der Waals surface area contributed by atoms with E-state index >= 15 is 0 Å². The Kier molecular flexibility index (Phi) is 4.97. The van der Waals surface area contributed by atoms with Crippen molar-refractivity contribution in [3.63, 3.8) is 0 Å². The molecule has 0 saturated carbocycles. The molecule has 1 aliphatic heterocycles. The maximum atomic E-state index is 13.2. The standard InChI is InChI=1S/C21H19FN4O2/c22-16-7-5-15(6-8-16)20(27)18-3-1-2-4-19(18)21(28)25-13-9-17(10-14-25)26-23-11-12-24-26/h1-8,11-12,17H,9-10,13-14H2. The quantitative estimate of drug-likeness (QED) is 0.654. The van der Waals surface area contributed by atoms with E-state index in [9.17, 15) is 14.0 Å². The first-order valence-corrected chi connectivity index (χ1v) is 9.18. The Balaban J connectivity index is 1.52. The second kappa shape index (κ2) is 7.72. The molecule has 2 aromatic carbocycles. The molecular formula is C21H19FN4O2. The number of aromatic nitrogens is 3. The summed E-state index contributed by atoms with van der Waals surface area (Å²) >= 11 is 0. The van der Waals surface area contributed by atoms with Crippen LogP contribution in [-0.4, -0.2) is 44.7 Å². The van der Waals surface area contributed by atoms with Crippen molar-refractivity contribution >= 4 is 11.7 Å². The first kappa shape index (κ1) is 18.0. The molecule has 142 valence electrons. The molecule has 1 saturated heterocycles. The number of hydrogen-bond donors (Lipinski definition) is 0. The molecule has 0 aliphatic carbocycles. The van der Waals surface area contributed by atoms with E-state index in [1.807, 2.05) is 0 Å². The molecule has 7 heteroatoms. The van der Waals surface area contributed by atoms with Crippen molar-refractivity contribution in [2.45, 2.75) is 18.9 Å². The number of benzene rings is 2. The van der Waals surface area contributed by atoms with Crippen LogP contribution in [0.2, 0.25) is 0 Å². The molecule has 0 unspecified atom stereocenters. The summed E-state index contributed by atoms with van der Waals surface area (Å²) in [6, 6.07) is 12.3. The highest BCUT2D eigenvalue weighted by atomic mass is 19.1. The molecule has 3 aromatic rings. The van der Waals surface area contributed by atoms with Crippen molar-refractivity contribution in [3.05, 3.63) is 83.4 Å². The molecular weight excluding hydrogens is 359 g/mol. The van der Waals surface area contributed by atoms with Gasteiger partial charge in [-0.3, -0.25) is 9.59 Å². The number of piperidine rings is 1. The van der Waals surface area contributed by atoms with Crippen molar-refractivity contribution in [2.75, 3.05) is 13.1 Å². The van der Waals surface area contributed by atoms with Gasteiger partial charge in [0.2, 0.25) is 0 Å². The van der Waals surface area contributed by atoms with Crippen LogP contribution in [0.15, 0.2) is 60.9 Å². The average molecular weight is 378 g/mol. The van der Waals surface area contributed by atoms with Crippen LogP contribution in [0.5, 0.6) is 0 Å². The SMILES string of the molecule is O=C(c1ccc(F)cc1)c1ccccc1C(=O)N1CCC(n2nccn2)CC1. The van der Waals surface area contributed by atoms with Gasteiger partial charge in [-0.1, -0.05) is 18.2 Å². The van der Waals surface area contributed by atoms with Crippen molar-refractivity contribution in [3.8, 4) is 0 Å². The molecule has 1 fully saturated rings.